The van der Waals surface area contributed by atoms with E-state index in [1.807, 2.05) is 0 Å². The molecule has 2 N–H and O–H groups in total. The Bertz CT molecular complexity index is 1510. The average molecular weight is 487 g/mol. The maximum absolute atomic E-state index is 14.1. The smallest absolute Gasteiger partial charge is 0.337 e. The minimum atomic E-state index is -4.53. The summed E-state index contributed by atoms with van der Waals surface area (Å²) in [5.41, 5.74) is 2.76. The molecule has 1 aliphatic carbocycles. The highest BCUT2D eigenvalue weighted by Gasteiger charge is 2.42. The number of rotatable bonds is 4. The molecule has 1 aromatic carbocycles. The Morgan fingerprint density at radius 2 is 1.94 bits per heavy atom. The molecule has 13 heteroatoms. The zero-order valence-electron chi connectivity index (χ0n) is 17.9. The van der Waals surface area contributed by atoms with E-state index in [4.69, 9.17) is 0 Å². The van der Waals surface area contributed by atoms with Gasteiger partial charge in [-0.15, -0.1) is 5.10 Å². The van der Waals surface area contributed by atoms with Crippen LogP contribution in [0.15, 0.2) is 36.7 Å². The van der Waals surface area contributed by atoms with Crippen molar-refractivity contribution in [2.75, 3.05) is 6.54 Å². The topological polar surface area (TPSA) is 106 Å². The van der Waals surface area contributed by atoms with Gasteiger partial charge in [0.1, 0.15) is 6.54 Å². The van der Waals surface area contributed by atoms with Crippen molar-refractivity contribution in [1.29, 1.82) is 0 Å². The lowest BCUT2D eigenvalue weighted by Crippen LogP contribution is -2.51. The van der Waals surface area contributed by atoms with Crippen LogP contribution in [0.3, 0.4) is 0 Å². The third-order valence-electron chi connectivity index (χ3n) is 6.46. The second-order valence-corrected chi connectivity index (χ2v) is 8.76. The highest BCUT2D eigenvalue weighted by Crippen LogP contribution is 2.56. The van der Waals surface area contributed by atoms with Gasteiger partial charge in [0.2, 0.25) is 11.9 Å². The fraction of sp³-hybridized carbons (Fsp3) is 0.318. The number of aromatic nitrogens is 5. The van der Waals surface area contributed by atoms with Crippen molar-refractivity contribution in [3.05, 3.63) is 59.4 Å². The maximum atomic E-state index is 14.1. The number of nitrogens with zero attached hydrogens (tertiary/aromatic N) is 5. The molecule has 35 heavy (non-hydrogen) atoms. The van der Waals surface area contributed by atoms with Gasteiger partial charge in [-0.3, -0.25) is 14.8 Å². The summed E-state index contributed by atoms with van der Waals surface area (Å²) < 4.78 is 55.1. The van der Waals surface area contributed by atoms with E-state index in [9.17, 15) is 27.2 Å². The predicted octanol–water partition coefficient (Wildman–Crippen LogP) is 2.97. The summed E-state index contributed by atoms with van der Waals surface area (Å²) in [5, 5.41) is 12.8. The number of imidazole rings is 1. The molecule has 0 spiro atoms. The van der Waals surface area contributed by atoms with Crippen LogP contribution in [0.5, 0.6) is 0 Å². The third kappa shape index (κ3) is 3.76. The largest absolute Gasteiger partial charge is 0.408 e. The van der Waals surface area contributed by atoms with Crippen LogP contribution in [-0.4, -0.2) is 49.0 Å². The van der Waals surface area contributed by atoms with Crippen molar-refractivity contribution in [2.24, 2.45) is 0 Å². The average Bonchev–Trinajstić information content (AvgIpc) is 3.34. The first kappa shape index (κ1) is 21.5. The first-order valence-corrected chi connectivity index (χ1v) is 10.8. The lowest BCUT2D eigenvalue weighted by molar-refractivity contribution is -0.142. The Hall–Kier alpha value is -4.03. The van der Waals surface area contributed by atoms with Crippen LogP contribution in [0.2, 0.25) is 0 Å². The van der Waals surface area contributed by atoms with Crippen LogP contribution in [0, 0.1) is 5.95 Å². The first-order valence-electron chi connectivity index (χ1n) is 10.8. The summed E-state index contributed by atoms with van der Waals surface area (Å²) in [6, 6.07) is 5.93. The van der Waals surface area contributed by atoms with E-state index in [1.165, 1.54) is 6.07 Å². The number of carbonyl (C=O) groups is 2. The molecule has 0 bridgehead atoms. The molecule has 6 rings (SSSR count). The molecule has 1 saturated heterocycles. The fourth-order valence-corrected chi connectivity index (χ4v) is 4.75. The molecule has 3 aromatic heterocycles. The SMILES string of the molecule is O=C1NCC(c2cc([C@H]3C[C@@H]3c3ccc4c(F)nn(CC(F)(F)F)c4c3)c3nccn3n2)C(=O)N1. The number of alkyl halides is 3. The Balaban J connectivity index is 1.35. The van der Waals surface area contributed by atoms with Gasteiger partial charge >= 0.3 is 12.2 Å². The number of urea groups is 1. The zero-order valence-corrected chi connectivity index (χ0v) is 17.9. The van der Waals surface area contributed by atoms with Crippen molar-refractivity contribution in [1.82, 2.24) is 35.0 Å². The van der Waals surface area contributed by atoms with Gasteiger partial charge < -0.3 is 5.32 Å². The van der Waals surface area contributed by atoms with E-state index in [-0.39, 0.29) is 29.3 Å². The number of hydrogen-bond donors (Lipinski definition) is 2. The highest BCUT2D eigenvalue weighted by molar-refractivity contribution is 6.00. The molecule has 3 amide bonds. The molecule has 2 aliphatic rings. The molecule has 1 saturated carbocycles. The van der Waals surface area contributed by atoms with Gasteiger partial charge in [-0.1, -0.05) is 6.07 Å². The van der Waals surface area contributed by atoms with Gasteiger partial charge in [-0.05, 0) is 42.0 Å². The standard InChI is InChI=1S/C22H17F4N7O2/c23-18-11-2-1-10(5-17(11)33(31-18)9-22(24,25)26)12-6-13(12)14-7-16(30-32-4-3-27-19(14)32)15-8-28-21(35)29-20(15)34/h1-5,7,12-13,15H,6,8-9H2,(H2,28,29,34,35)/t12-,13+,15?/m1/s1. The lowest BCUT2D eigenvalue weighted by atomic mass is 9.99. The van der Waals surface area contributed by atoms with Crippen LogP contribution in [0.25, 0.3) is 16.6 Å². The number of halogens is 4. The fourth-order valence-electron chi connectivity index (χ4n) is 4.75. The Morgan fingerprint density at radius 1 is 1.11 bits per heavy atom. The number of imide groups is 1. The highest BCUT2D eigenvalue weighted by atomic mass is 19.4. The van der Waals surface area contributed by atoms with Crippen molar-refractivity contribution in [2.45, 2.75) is 36.9 Å². The Labute approximate surface area is 194 Å². The lowest BCUT2D eigenvalue weighted by Gasteiger charge is -2.22. The Kier molecular flexibility index (Phi) is 4.60. The van der Waals surface area contributed by atoms with Crippen LogP contribution in [0.1, 0.15) is 41.0 Å². The molecule has 180 valence electrons. The van der Waals surface area contributed by atoms with E-state index < -0.39 is 36.5 Å². The van der Waals surface area contributed by atoms with Crippen molar-refractivity contribution in [3.63, 3.8) is 0 Å². The summed E-state index contributed by atoms with van der Waals surface area (Å²) >= 11 is 0. The molecule has 1 unspecified atom stereocenters. The molecule has 3 atom stereocenters. The third-order valence-corrected chi connectivity index (χ3v) is 6.46. The van der Waals surface area contributed by atoms with Gasteiger partial charge in [-0.2, -0.15) is 22.7 Å². The number of fused-ring (bicyclic) bond motifs is 2. The summed E-state index contributed by atoms with van der Waals surface area (Å²) in [5.74, 6) is -2.13. The molecule has 4 aromatic rings. The molecule has 1 aliphatic heterocycles. The second-order valence-electron chi connectivity index (χ2n) is 8.76. The number of nitrogens with one attached hydrogen (secondary N) is 2. The van der Waals surface area contributed by atoms with Crippen LogP contribution in [-0.2, 0) is 11.3 Å². The van der Waals surface area contributed by atoms with Crippen LogP contribution >= 0.6 is 0 Å². The molecule has 9 nitrogen and oxygen atoms in total. The summed E-state index contributed by atoms with van der Waals surface area (Å²) in [4.78, 5) is 28.2. The molecule has 0 radical (unpaired) electrons. The number of hydrogen-bond acceptors (Lipinski definition) is 5. The van der Waals surface area contributed by atoms with E-state index in [1.54, 1.807) is 35.1 Å². The first-order chi connectivity index (χ1) is 16.7. The molecular weight excluding hydrogens is 470 g/mol. The molecule has 2 fully saturated rings. The maximum Gasteiger partial charge on any atom is 0.408 e. The van der Waals surface area contributed by atoms with Gasteiger partial charge in [0.15, 0.2) is 5.65 Å². The number of carbonyl (C=O) groups excluding carboxylic acids is 2. The minimum absolute atomic E-state index is 0.0239. The predicted molar refractivity (Wildman–Crippen MR) is 113 cm³/mol. The van der Waals surface area contributed by atoms with Gasteiger partial charge in [0.25, 0.3) is 0 Å². The van der Waals surface area contributed by atoms with Gasteiger partial charge in [0.05, 0.1) is 22.5 Å². The van der Waals surface area contributed by atoms with Crippen LogP contribution in [0.4, 0.5) is 22.4 Å². The summed E-state index contributed by atoms with van der Waals surface area (Å²) in [6.07, 6.45) is -0.598. The van der Waals surface area contributed by atoms with Crippen LogP contribution < -0.4 is 10.6 Å². The van der Waals surface area contributed by atoms with E-state index in [0.717, 1.165) is 11.1 Å². The second kappa shape index (κ2) is 7.48. The van der Waals surface area contributed by atoms with Gasteiger partial charge in [0, 0.05) is 24.5 Å². The molecular formula is C22H17F4N7O2. The molecule has 4 heterocycles. The zero-order chi connectivity index (χ0) is 24.5. The van der Waals surface area contributed by atoms with E-state index >= 15 is 0 Å². The van der Waals surface area contributed by atoms with Crippen molar-refractivity contribution in [3.8, 4) is 0 Å². The summed E-state index contributed by atoms with van der Waals surface area (Å²) in [7, 11) is 0. The Morgan fingerprint density at radius 3 is 2.71 bits per heavy atom. The van der Waals surface area contributed by atoms with Crippen molar-refractivity contribution >= 4 is 28.5 Å². The quantitative estimate of drug-likeness (QED) is 0.431. The normalized spacial score (nSPS) is 22.5. The minimum Gasteiger partial charge on any atom is -0.337 e. The van der Waals surface area contributed by atoms with E-state index in [0.29, 0.717) is 22.4 Å². The monoisotopic (exact) mass is 487 g/mol. The number of amides is 3. The van der Waals surface area contributed by atoms with Gasteiger partial charge in [-0.25, -0.2) is 14.3 Å². The summed E-state index contributed by atoms with van der Waals surface area (Å²) in [6.45, 7) is -1.27. The van der Waals surface area contributed by atoms with E-state index in [2.05, 4.69) is 25.8 Å². The van der Waals surface area contributed by atoms with Crippen molar-refractivity contribution < 1.29 is 27.2 Å². The number of benzene rings is 1.